The molecule has 3 heterocycles. The number of nitrogens with one attached hydrogen (secondary N) is 1. The van der Waals surface area contributed by atoms with E-state index >= 15 is 0 Å². The summed E-state index contributed by atoms with van der Waals surface area (Å²) in [7, 11) is 0. The molecule has 146 valence electrons. The van der Waals surface area contributed by atoms with Crippen molar-refractivity contribution < 1.29 is 9.15 Å². The molecule has 0 spiro atoms. The molecule has 1 unspecified atom stereocenters. The number of benzene rings is 1. The first-order valence-electron chi connectivity index (χ1n) is 10.3. The zero-order chi connectivity index (χ0) is 18.3. The number of ether oxygens (including phenoxy) is 1. The summed E-state index contributed by atoms with van der Waals surface area (Å²) >= 11 is 0. The minimum Gasteiger partial charge on any atom is -0.468 e. The number of likely N-dealkylation sites (tertiary alicyclic amines) is 1. The Morgan fingerprint density at radius 3 is 2.41 bits per heavy atom. The lowest BCUT2D eigenvalue weighted by Gasteiger charge is -2.33. The molecule has 0 amide bonds. The third kappa shape index (κ3) is 4.92. The van der Waals surface area contributed by atoms with Crippen LogP contribution in [0.4, 0.5) is 5.69 Å². The molecule has 0 radical (unpaired) electrons. The third-order valence-corrected chi connectivity index (χ3v) is 5.68. The van der Waals surface area contributed by atoms with Gasteiger partial charge in [-0.15, -0.1) is 0 Å². The Morgan fingerprint density at radius 1 is 0.926 bits per heavy atom. The summed E-state index contributed by atoms with van der Waals surface area (Å²) in [6.45, 7) is 7.76. The maximum atomic E-state index is 5.74. The zero-order valence-electron chi connectivity index (χ0n) is 16.1. The second-order valence-corrected chi connectivity index (χ2v) is 7.52. The van der Waals surface area contributed by atoms with Crippen molar-refractivity contribution in [2.75, 3.05) is 50.8 Å². The van der Waals surface area contributed by atoms with E-state index in [0.717, 1.165) is 45.2 Å². The largest absolute Gasteiger partial charge is 0.468 e. The normalized spacial score (nSPS) is 19.9. The van der Waals surface area contributed by atoms with Gasteiger partial charge in [-0.05, 0) is 55.8 Å². The van der Waals surface area contributed by atoms with Gasteiger partial charge in [0.05, 0.1) is 25.5 Å². The molecule has 1 atom stereocenters. The highest BCUT2D eigenvalue weighted by atomic mass is 16.5. The summed E-state index contributed by atoms with van der Waals surface area (Å²) in [4.78, 5) is 4.96. The standard InChI is InChI=1S/C22H31N3O2/c1-2-10-25(11-3-1)21(22-5-4-14-27-22)18-23-17-19-6-8-20(9-7-19)24-12-15-26-16-13-24/h4-9,14,21,23H,1-3,10-13,15-18H2. The van der Waals surface area contributed by atoms with Crippen LogP contribution in [0.2, 0.25) is 0 Å². The fourth-order valence-electron chi connectivity index (χ4n) is 4.12. The van der Waals surface area contributed by atoms with Crippen molar-refractivity contribution in [2.24, 2.45) is 0 Å². The Morgan fingerprint density at radius 2 is 1.70 bits per heavy atom. The molecular formula is C22H31N3O2. The molecule has 0 aliphatic carbocycles. The van der Waals surface area contributed by atoms with E-state index < -0.39 is 0 Å². The molecule has 0 saturated carbocycles. The predicted molar refractivity (Wildman–Crippen MR) is 108 cm³/mol. The molecule has 4 rings (SSSR count). The maximum absolute atomic E-state index is 5.74. The molecule has 1 aromatic carbocycles. The van der Waals surface area contributed by atoms with Gasteiger partial charge >= 0.3 is 0 Å². The number of nitrogens with zero attached hydrogens (tertiary/aromatic N) is 2. The number of morpholine rings is 1. The van der Waals surface area contributed by atoms with Crippen molar-refractivity contribution in [3.05, 3.63) is 54.0 Å². The van der Waals surface area contributed by atoms with E-state index in [9.17, 15) is 0 Å². The van der Waals surface area contributed by atoms with Crippen molar-refractivity contribution >= 4 is 5.69 Å². The van der Waals surface area contributed by atoms with E-state index in [2.05, 4.69) is 45.4 Å². The van der Waals surface area contributed by atoms with Crippen LogP contribution in [0.25, 0.3) is 0 Å². The molecular weight excluding hydrogens is 338 g/mol. The van der Waals surface area contributed by atoms with Crippen LogP contribution in [0.3, 0.4) is 0 Å². The van der Waals surface area contributed by atoms with Crippen LogP contribution < -0.4 is 10.2 Å². The Bertz CT molecular complexity index is 659. The molecule has 1 N–H and O–H groups in total. The summed E-state index contributed by atoms with van der Waals surface area (Å²) in [6, 6.07) is 13.4. The number of piperidine rings is 1. The molecule has 0 bridgehead atoms. The fraction of sp³-hybridized carbons (Fsp3) is 0.545. The van der Waals surface area contributed by atoms with Crippen LogP contribution >= 0.6 is 0 Å². The van der Waals surface area contributed by atoms with Gasteiger partial charge in [-0.3, -0.25) is 4.90 Å². The minimum absolute atomic E-state index is 0.327. The summed E-state index contributed by atoms with van der Waals surface area (Å²) in [5, 5.41) is 3.65. The van der Waals surface area contributed by atoms with Crippen LogP contribution in [0.5, 0.6) is 0 Å². The van der Waals surface area contributed by atoms with Gasteiger partial charge in [-0.1, -0.05) is 18.6 Å². The minimum atomic E-state index is 0.327. The van der Waals surface area contributed by atoms with E-state index in [1.165, 1.54) is 43.6 Å². The van der Waals surface area contributed by atoms with Gasteiger partial charge in [-0.25, -0.2) is 0 Å². The highest BCUT2D eigenvalue weighted by Gasteiger charge is 2.24. The van der Waals surface area contributed by atoms with Crippen LogP contribution in [0.1, 0.15) is 36.6 Å². The third-order valence-electron chi connectivity index (χ3n) is 5.68. The average molecular weight is 370 g/mol. The molecule has 2 aliphatic rings. The van der Waals surface area contributed by atoms with E-state index in [-0.39, 0.29) is 0 Å². The number of anilines is 1. The first-order valence-corrected chi connectivity index (χ1v) is 10.3. The van der Waals surface area contributed by atoms with Crippen LogP contribution in [-0.2, 0) is 11.3 Å². The number of hydrogen-bond donors (Lipinski definition) is 1. The van der Waals surface area contributed by atoms with Crippen molar-refractivity contribution in [3.63, 3.8) is 0 Å². The van der Waals surface area contributed by atoms with Crippen LogP contribution in [0, 0.1) is 0 Å². The summed E-state index contributed by atoms with van der Waals surface area (Å²) < 4.78 is 11.2. The first kappa shape index (κ1) is 18.5. The smallest absolute Gasteiger partial charge is 0.122 e. The summed E-state index contributed by atoms with van der Waals surface area (Å²) in [5.41, 5.74) is 2.62. The van der Waals surface area contributed by atoms with Crippen molar-refractivity contribution in [1.82, 2.24) is 10.2 Å². The van der Waals surface area contributed by atoms with Crippen LogP contribution in [0.15, 0.2) is 47.1 Å². The highest BCUT2D eigenvalue weighted by Crippen LogP contribution is 2.24. The lowest BCUT2D eigenvalue weighted by atomic mass is 10.1. The van der Waals surface area contributed by atoms with Gasteiger partial charge in [0.2, 0.25) is 0 Å². The van der Waals surface area contributed by atoms with Gasteiger partial charge in [0.15, 0.2) is 0 Å². The van der Waals surface area contributed by atoms with Gasteiger partial charge in [0.1, 0.15) is 5.76 Å². The lowest BCUT2D eigenvalue weighted by molar-refractivity contribution is 0.122. The molecule has 5 heteroatoms. The monoisotopic (exact) mass is 369 g/mol. The molecule has 2 saturated heterocycles. The quantitative estimate of drug-likeness (QED) is 0.810. The Labute approximate surface area is 162 Å². The first-order chi connectivity index (χ1) is 13.4. The predicted octanol–water partition coefficient (Wildman–Crippen LogP) is 3.43. The van der Waals surface area contributed by atoms with Gasteiger partial charge in [0, 0.05) is 31.9 Å². The van der Waals surface area contributed by atoms with Crippen molar-refractivity contribution in [2.45, 2.75) is 31.8 Å². The Hall–Kier alpha value is -1.82. The molecule has 27 heavy (non-hydrogen) atoms. The SMILES string of the molecule is c1coc(C(CNCc2ccc(N3CCOCC3)cc2)N2CCCCC2)c1. The molecule has 2 fully saturated rings. The van der Waals surface area contributed by atoms with E-state index in [0.29, 0.717) is 6.04 Å². The number of hydrogen-bond acceptors (Lipinski definition) is 5. The fourth-order valence-corrected chi connectivity index (χ4v) is 4.12. The summed E-state index contributed by atoms with van der Waals surface area (Å²) in [5.74, 6) is 1.08. The van der Waals surface area contributed by atoms with Gasteiger partial charge < -0.3 is 19.4 Å². The van der Waals surface area contributed by atoms with Crippen molar-refractivity contribution in [3.8, 4) is 0 Å². The second kappa shape index (κ2) is 9.40. The topological polar surface area (TPSA) is 40.9 Å². The number of rotatable bonds is 7. The van der Waals surface area contributed by atoms with Crippen molar-refractivity contribution in [1.29, 1.82) is 0 Å². The van der Waals surface area contributed by atoms with Crippen LogP contribution in [-0.4, -0.2) is 50.8 Å². The molecule has 2 aliphatic heterocycles. The van der Waals surface area contributed by atoms with Gasteiger partial charge in [-0.2, -0.15) is 0 Å². The Balaban J connectivity index is 1.31. The molecule has 5 nitrogen and oxygen atoms in total. The average Bonchev–Trinajstić information content (AvgIpc) is 3.27. The summed E-state index contributed by atoms with van der Waals surface area (Å²) in [6.07, 6.45) is 5.72. The lowest BCUT2D eigenvalue weighted by Crippen LogP contribution is -2.38. The Kier molecular flexibility index (Phi) is 6.45. The second-order valence-electron chi connectivity index (χ2n) is 7.52. The zero-order valence-corrected chi connectivity index (χ0v) is 16.1. The van der Waals surface area contributed by atoms with Gasteiger partial charge in [0.25, 0.3) is 0 Å². The van der Waals surface area contributed by atoms with E-state index in [4.69, 9.17) is 9.15 Å². The van der Waals surface area contributed by atoms with E-state index in [1.54, 1.807) is 6.26 Å². The highest BCUT2D eigenvalue weighted by molar-refractivity contribution is 5.47. The van der Waals surface area contributed by atoms with E-state index in [1.807, 2.05) is 6.07 Å². The maximum Gasteiger partial charge on any atom is 0.122 e. The molecule has 2 aromatic rings. The molecule has 1 aromatic heterocycles. The number of furan rings is 1.